The fourth-order valence-electron chi connectivity index (χ4n) is 3.05. The number of anilines is 2. The molecule has 1 aromatic carbocycles. The third-order valence-electron chi connectivity index (χ3n) is 4.64. The van der Waals surface area contributed by atoms with E-state index in [2.05, 4.69) is 10.3 Å². The van der Waals surface area contributed by atoms with Crippen LogP contribution in [0.3, 0.4) is 0 Å². The number of pyridine rings is 1. The van der Waals surface area contributed by atoms with E-state index in [0.29, 0.717) is 49.7 Å². The minimum Gasteiger partial charge on any atom is -0.450 e. The number of ether oxygens (including phenoxy) is 1. The van der Waals surface area contributed by atoms with Gasteiger partial charge < -0.3 is 19.9 Å². The SMILES string of the molecule is CCOC(=O)N1CCN(C(=O)c2ccc(Nc3cccc(C(C)=O)c3)nc2)CC1. The number of nitrogens with one attached hydrogen (secondary N) is 1. The lowest BCUT2D eigenvalue weighted by molar-refractivity contribution is 0.0570. The topological polar surface area (TPSA) is 91.8 Å². The smallest absolute Gasteiger partial charge is 0.409 e. The minimum atomic E-state index is -0.342. The molecule has 3 rings (SSSR count). The number of amides is 2. The molecule has 8 nitrogen and oxygen atoms in total. The highest BCUT2D eigenvalue weighted by Gasteiger charge is 2.25. The van der Waals surface area contributed by atoms with Crippen LogP contribution in [0.2, 0.25) is 0 Å². The molecular weight excluding hydrogens is 372 g/mol. The van der Waals surface area contributed by atoms with Gasteiger partial charge in [-0.05, 0) is 38.1 Å². The third kappa shape index (κ3) is 5.10. The molecule has 2 heterocycles. The van der Waals surface area contributed by atoms with Crippen LogP contribution in [-0.2, 0) is 4.74 Å². The number of hydrogen-bond donors (Lipinski definition) is 1. The largest absolute Gasteiger partial charge is 0.450 e. The fourth-order valence-corrected chi connectivity index (χ4v) is 3.05. The van der Waals surface area contributed by atoms with E-state index in [4.69, 9.17) is 4.74 Å². The van der Waals surface area contributed by atoms with Crippen LogP contribution in [0.15, 0.2) is 42.6 Å². The van der Waals surface area contributed by atoms with Crippen LogP contribution in [0.1, 0.15) is 34.6 Å². The molecule has 0 aliphatic carbocycles. The predicted octanol–water partition coefficient (Wildman–Crippen LogP) is 2.94. The van der Waals surface area contributed by atoms with Gasteiger partial charge in [-0.1, -0.05) is 12.1 Å². The molecule has 1 fully saturated rings. The first kappa shape index (κ1) is 20.3. The molecule has 0 unspecified atom stereocenters. The Morgan fingerprint density at radius 2 is 1.76 bits per heavy atom. The average molecular weight is 396 g/mol. The molecule has 152 valence electrons. The number of carbonyl (C=O) groups is 3. The molecule has 8 heteroatoms. The summed E-state index contributed by atoms with van der Waals surface area (Å²) in [4.78, 5) is 43.5. The Kier molecular flexibility index (Phi) is 6.43. The summed E-state index contributed by atoms with van der Waals surface area (Å²) in [7, 11) is 0. The summed E-state index contributed by atoms with van der Waals surface area (Å²) >= 11 is 0. The van der Waals surface area contributed by atoms with Crippen molar-refractivity contribution in [3.05, 3.63) is 53.7 Å². The molecule has 0 bridgehead atoms. The van der Waals surface area contributed by atoms with Gasteiger partial charge in [0.25, 0.3) is 5.91 Å². The number of hydrogen-bond acceptors (Lipinski definition) is 6. The van der Waals surface area contributed by atoms with Crippen molar-refractivity contribution in [2.24, 2.45) is 0 Å². The second-order valence-electron chi connectivity index (χ2n) is 6.67. The second-order valence-corrected chi connectivity index (χ2v) is 6.67. The van der Waals surface area contributed by atoms with Gasteiger partial charge in [-0.15, -0.1) is 0 Å². The standard InChI is InChI=1S/C21H24N4O4/c1-3-29-21(28)25-11-9-24(10-12-25)20(27)17-7-8-19(22-14-17)23-18-6-4-5-16(13-18)15(2)26/h4-8,13-14H,3,9-12H2,1-2H3,(H,22,23). The van der Waals surface area contributed by atoms with Gasteiger partial charge in [0.2, 0.25) is 0 Å². The number of benzene rings is 1. The quantitative estimate of drug-likeness (QED) is 0.782. The molecule has 1 aliphatic rings. The van der Waals surface area contributed by atoms with Crippen molar-refractivity contribution in [1.82, 2.24) is 14.8 Å². The summed E-state index contributed by atoms with van der Waals surface area (Å²) in [6.07, 6.45) is 1.18. The van der Waals surface area contributed by atoms with E-state index in [1.807, 2.05) is 6.07 Å². The highest BCUT2D eigenvalue weighted by Crippen LogP contribution is 2.17. The van der Waals surface area contributed by atoms with Crippen molar-refractivity contribution < 1.29 is 19.1 Å². The molecule has 1 saturated heterocycles. The Morgan fingerprint density at radius 1 is 1.03 bits per heavy atom. The fraction of sp³-hybridized carbons (Fsp3) is 0.333. The molecule has 1 N–H and O–H groups in total. The van der Waals surface area contributed by atoms with Crippen molar-refractivity contribution in [2.75, 3.05) is 38.1 Å². The molecule has 1 aliphatic heterocycles. The normalized spacial score (nSPS) is 13.7. The first-order valence-corrected chi connectivity index (χ1v) is 9.53. The molecular formula is C21H24N4O4. The Labute approximate surface area is 169 Å². The maximum absolute atomic E-state index is 12.7. The van der Waals surface area contributed by atoms with Crippen LogP contribution < -0.4 is 5.32 Å². The number of nitrogens with zero attached hydrogens (tertiary/aromatic N) is 3. The van der Waals surface area contributed by atoms with Crippen LogP contribution in [0.25, 0.3) is 0 Å². The summed E-state index contributed by atoms with van der Waals surface area (Å²) in [5.74, 6) is 0.450. The minimum absolute atomic E-state index is 0.00870. The number of ketones is 1. The van der Waals surface area contributed by atoms with Crippen LogP contribution in [0.4, 0.5) is 16.3 Å². The van der Waals surface area contributed by atoms with Crippen molar-refractivity contribution in [3.8, 4) is 0 Å². The zero-order chi connectivity index (χ0) is 20.8. The first-order chi connectivity index (χ1) is 14.0. The molecule has 0 radical (unpaired) electrons. The van der Waals surface area contributed by atoms with Gasteiger partial charge in [0.1, 0.15) is 5.82 Å². The van der Waals surface area contributed by atoms with E-state index in [1.54, 1.807) is 47.1 Å². The van der Waals surface area contributed by atoms with E-state index < -0.39 is 0 Å². The van der Waals surface area contributed by atoms with Crippen LogP contribution in [0, 0.1) is 0 Å². The van der Waals surface area contributed by atoms with E-state index >= 15 is 0 Å². The number of carbonyl (C=O) groups excluding carboxylic acids is 3. The molecule has 0 spiro atoms. The van der Waals surface area contributed by atoms with E-state index in [1.165, 1.54) is 13.1 Å². The summed E-state index contributed by atoms with van der Waals surface area (Å²) in [5, 5.41) is 3.13. The average Bonchev–Trinajstić information content (AvgIpc) is 2.74. The predicted molar refractivity (Wildman–Crippen MR) is 108 cm³/mol. The van der Waals surface area contributed by atoms with Gasteiger partial charge in [0, 0.05) is 43.6 Å². The Bertz CT molecular complexity index is 890. The Morgan fingerprint density at radius 3 is 2.38 bits per heavy atom. The third-order valence-corrected chi connectivity index (χ3v) is 4.64. The molecule has 1 aromatic heterocycles. The van der Waals surface area contributed by atoms with Gasteiger partial charge in [0.15, 0.2) is 5.78 Å². The number of rotatable bonds is 5. The number of piperazine rings is 1. The summed E-state index contributed by atoms with van der Waals surface area (Å²) in [6.45, 7) is 5.43. The number of aromatic nitrogens is 1. The van der Waals surface area contributed by atoms with E-state index in [9.17, 15) is 14.4 Å². The highest BCUT2D eigenvalue weighted by atomic mass is 16.6. The molecule has 0 saturated carbocycles. The zero-order valence-corrected chi connectivity index (χ0v) is 16.6. The lowest BCUT2D eigenvalue weighted by atomic mass is 10.1. The Balaban J connectivity index is 1.59. The van der Waals surface area contributed by atoms with Gasteiger partial charge in [-0.3, -0.25) is 9.59 Å². The molecule has 2 aromatic rings. The van der Waals surface area contributed by atoms with Gasteiger partial charge in [0.05, 0.1) is 12.2 Å². The van der Waals surface area contributed by atoms with Crippen LogP contribution in [-0.4, -0.2) is 65.4 Å². The van der Waals surface area contributed by atoms with Gasteiger partial charge in [-0.25, -0.2) is 9.78 Å². The van der Waals surface area contributed by atoms with Gasteiger partial charge in [-0.2, -0.15) is 0 Å². The first-order valence-electron chi connectivity index (χ1n) is 9.53. The molecule has 29 heavy (non-hydrogen) atoms. The van der Waals surface area contributed by atoms with E-state index in [0.717, 1.165) is 5.69 Å². The maximum atomic E-state index is 12.7. The lowest BCUT2D eigenvalue weighted by Gasteiger charge is -2.34. The van der Waals surface area contributed by atoms with Crippen LogP contribution >= 0.6 is 0 Å². The second kappa shape index (κ2) is 9.18. The number of Topliss-reactive ketones (excluding diaryl/α,β-unsaturated/α-hetero) is 1. The van der Waals surface area contributed by atoms with Crippen molar-refractivity contribution in [3.63, 3.8) is 0 Å². The zero-order valence-electron chi connectivity index (χ0n) is 16.6. The van der Waals surface area contributed by atoms with Crippen molar-refractivity contribution in [2.45, 2.75) is 13.8 Å². The van der Waals surface area contributed by atoms with Crippen molar-refractivity contribution >= 4 is 29.3 Å². The highest BCUT2D eigenvalue weighted by molar-refractivity contribution is 5.95. The van der Waals surface area contributed by atoms with Gasteiger partial charge >= 0.3 is 6.09 Å². The van der Waals surface area contributed by atoms with E-state index in [-0.39, 0.29) is 17.8 Å². The summed E-state index contributed by atoms with van der Waals surface area (Å²) < 4.78 is 4.99. The monoisotopic (exact) mass is 396 g/mol. The molecule has 0 atom stereocenters. The summed E-state index contributed by atoms with van der Waals surface area (Å²) in [6, 6.07) is 10.6. The van der Waals surface area contributed by atoms with Crippen molar-refractivity contribution in [1.29, 1.82) is 0 Å². The maximum Gasteiger partial charge on any atom is 0.409 e. The summed E-state index contributed by atoms with van der Waals surface area (Å²) in [5.41, 5.74) is 1.85. The van der Waals surface area contributed by atoms with Crippen LogP contribution in [0.5, 0.6) is 0 Å². The molecule has 2 amide bonds. The Hall–Kier alpha value is -3.42. The lowest BCUT2D eigenvalue weighted by Crippen LogP contribution is -2.50.